The second-order valence-electron chi connectivity index (χ2n) is 5.32. The van der Waals surface area contributed by atoms with E-state index in [-0.39, 0.29) is 0 Å². The van der Waals surface area contributed by atoms with Gasteiger partial charge in [0.1, 0.15) is 5.75 Å². The fourth-order valence-corrected chi connectivity index (χ4v) is 3.35. The van der Waals surface area contributed by atoms with Gasteiger partial charge in [-0.05, 0) is 43.5 Å². The maximum atomic E-state index is 6.17. The number of benzene rings is 1. The number of rotatable bonds is 5. The molecular formula is C16H24ClNO. The van der Waals surface area contributed by atoms with Crippen molar-refractivity contribution in [1.82, 2.24) is 5.32 Å². The molecule has 1 aliphatic carbocycles. The summed E-state index contributed by atoms with van der Waals surface area (Å²) >= 11 is 6.17. The number of ether oxygens (including phenoxy) is 1. The minimum atomic E-state index is 0.360. The third kappa shape index (κ3) is 3.64. The maximum absolute atomic E-state index is 6.17. The number of hydrogen-bond donors (Lipinski definition) is 1. The Bertz CT molecular complexity index is 402. The van der Waals surface area contributed by atoms with Crippen molar-refractivity contribution in [3.63, 3.8) is 0 Å². The number of nitrogens with one attached hydrogen (secondary N) is 1. The molecular weight excluding hydrogens is 258 g/mol. The highest BCUT2D eigenvalue weighted by Crippen LogP contribution is 2.38. The van der Waals surface area contributed by atoms with Crippen LogP contribution in [0.2, 0.25) is 5.02 Å². The quantitative estimate of drug-likeness (QED) is 0.853. The van der Waals surface area contributed by atoms with Crippen molar-refractivity contribution in [2.75, 3.05) is 13.7 Å². The molecule has 1 fully saturated rings. The molecule has 0 aromatic heterocycles. The highest BCUT2D eigenvalue weighted by atomic mass is 35.5. The van der Waals surface area contributed by atoms with E-state index >= 15 is 0 Å². The fraction of sp³-hybridized carbons (Fsp3) is 0.625. The zero-order chi connectivity index (χ0) is 13.7. The molecule has 0 saturated heterocycles. The largest absolute Gasteiger partial charge is 0.496 e. The molecule has 0 spiro atoms. The van der Waals surface area contributed by atoms with Crippen LogP contribution in [0.4, 0.5) is 0 Å². The van der Waals surface area contributed by atoms with E-state index in [0.717, 1.165) is 17.3 Å². The zero-order valence-corrected chi connectivity index (χ0v) is 12.7. The molecule has 19 heavy (non-hydrogen) atoms. The van der Waals surface area contributed by atoms with Crippen molar-refractivity contribution in [3.8, 4) is 5.75 Å². The molecule has 1 N–H and O–H groups in total. The highest BCUT2D eigenvalue weighted by molar-refractivity contribution is 6.30. The normalized spacial score (nSPS) is 18.3. The Labute approximate surface area is 121 Å². The molecule has 1 aromatic carbocycles. The predicted octanol–water partition coefficient (Wildman–Crippen LogP) is 4.58. The van der Waals surface area contributed by atoms with Crippen LogP contribution >= 0.6 is 11.6 Å². The summed E-state index contributed by atoms with van der Waals surface area (Å²) in [5.41, 5.74) is 1.21. The van der Waals surface area contributed by atoms with Crippen LogP contribution in [0.3, 0.4) is 0 Å². The molecule has 1 unspecified atom stereocenters. The lowest BCUT2D eigenvalue weighted by atomic mass is 9.81. The minimum absolute atomic E-state index is 0.360. The first kappa shape index (κ1) is 14.7. The lowest BCUT2D eigenvalue weighted by Gasteiger charge is -2.32. The highest BCUT2D eigenvalue weighted by Gasteiger charge is 2.26. The van der Waals surface area contributed by atoms with Crippen LogP contribution in [0.1, 0.15) is 50.6 Å². The van der Waals surface area contributed by atoms with E-state index in [1.54, 1.807) is 7.11 Å². The predicted molar refractivity (Wildman–Crippen MR) is 81.0 cm³/mol. The summed E-state index contributed by atoms with van der Waals surface area (Å²) in [6.07, 6.45) is 6.66. The van der Waals surface area contributed by atoms with E-state index in [9.17, 15) is 0 Å². The average molecular weight is 282 g/mol. The smallest absolute Gasteiger partial charge is 0.123 e. The molecule has 0 amide bonds. The molecule has 1 atom stereocenters. The van der Waals surface area contributed by atoms with Crippen LogP contribution in [0, 0.1) is 5.92 Å². The second kappa shape index (κ2) is 7.16. The second-order valence-corrected chi connectivity index (χ2v) is 5.76. The SMILES string of the molecule is CCNC(c1cc(Cl)ccc1OC)C1CCCCC1. The van der Waals surface area contributed by atoms with Crippen molar-refractivity contribution in [2.24, 2.45) is 5.92 Å². The summed E-state index contributed by atoms with van der Waals surface area (Å²) in [6, 6.07) is 6.29. The Morgan fingerprint density at radius 1 is 1.32 bits per heavy atom. The van der Waals surface area contributed by atoms with Crippen molar-refractivity contribution in [2.45, 2.75) is 45.1 Å². The van der Waals surface area contributed by atoms with E-state index in [1.807, 2.05) is 12.1 Å². The van der Waals surface area contributed by atoms with Gasteiger partial charge in [-0.25, -0.2) is 0 Å². The molecule has 1 aliphatic rings. The molecule has 0 bridgehead atoms. The van der Waals surface area contributed by atoms with E-state index in [0.29, 0.717) is 12.0 Å². The molecule has 3 heteroatoms. The molecule has 2 rings (SSSR count). The van der Waals surface area contributed by atoms with Gasteiger partial charge in [-0.3, -0.25) is 0 Å². The molecule has 106 valence electrons. The van der Waals surface area contributed by atoms with Crippen LogP contribution in [0.15, 0.2) is 18.2 Å². The number of methoxy groups -OCH3 is 1. The molecule has 1 aromatic rings. The summed E-state index contributed by atoms with van der Waals surface area (Å²) in [4.78, 5) is 0. The Morgan fingerprint density at radius 2 is 2.05 bits per heavy atom. The van der Waals surface area contributed by atoms with Gasteiger partial charge in [-0.1, -0.05) is 37.8 Å². The lowest BCUT2D eigenvalue weighted by Crippen LogP contribution is -2.30. The zero-order valence-electron chi connectivity index (χ0n) is 11.9. The van der Waals surface area contributed by atoms with Gasteiger partial charge in [-0.2, -0.15) is 0 Å². The monoisotopic (exact) mass is 281 g/mol. The average Bonchev–Trinajstić information content (AvgIpc) is 2.45. The third-order valence-electron chi connectivity index (χ3n) is 4.07. The van der Waals surface area contributed by atoms with Gasteiger partial charge >= 0.3 is 0 Å². The van der Waals surface area contributed by atoms with Crippen LogP contribution in [-0.2, 0) is 0 Å². The van der Waals surface area contributed by atoms with Crippen LogP contribution in [-0.4, -0.2) is 13.7 Å². The number of hydrogen-bond acceptors (Lipinski definition) is 2. The molecule has 0 radical (unpaired) electrons. The standard InChI is InChI=1S/C16H24ClNO/c1-3-18-16(12-7-5-4-6-8-12)14-11-13(17)9-10-15(14)19-2/h9-12,16,18H,3-8H2,1-2H3. The molecule has 0 heterocycles. The van der Waals surface area contributed by atoms with Crippen molar-refractivity contribution in [3.05, 3.63) is 28.8 Å². The Hall–Kier alpha value is -0.730. The summed E-state index contributed by atoms with van der Waals surface area (Å²) in [5, 5.41) is 4.42. The van der Waals surface area contributed by atoms with Gasteiger partial charge in [0.25, 0.3) is 0 Å². The Kier molecular flexibility index (Phi) is 5.53. The van der Waals surface area contributed by atoms with E-state index < -0.39 is 0 Å². The topological polar surface area (TPSA) is 21.3 Å². The fourth-order valence-electron chi connectivity index (χ4n) is 3.17. The van der Waals surface area contributed by atoms with Gasteiger partial charge in [0.05, 0.1) is 7.11 Å². The van der Waals surface area contributed by atoms with Gasteiger partial charge in [-0.15, -0.1) is 0 Å². The van der Waals surface area contributed by atoms with Crippen LogP contribution < -0.4 is 10.1 Å². The first-order chi connectivity index (χ1) is 9.26. The first-order valence-corrected chi connectivity index (χ1v) is 7.71. The third-order valence-corrected chi connectivity index (χ3v) is 4.31. The summed E-state index contributed by atoms with van der Waals surface area (Å²) in [5.74, 6) is 1.64. The first-order valence-electron chi connectivity index (χ1n) is 7.33. The summed E-state index contributed by atoms with van der Waals surface area (Å²) in [6.45, 7) is 3.13. The lowest BCUT2D eigenvalue weighted by molar-refractivity contribution is 0.268. The van der Waals surface area contributed by atoms with Gasteiger partial charge in [0, 0.05) is 16.6 Å². The summed E-state index contributed by atoms with van der Waals surface area (Å²) in [7, 11) is 1.73. The number of halogens is 1. The van der Waals surface area contributed by atoms with Gasteiger partial charge in [0.2, 0.25) is 0 Å². The summed E-state index contributed by atoms with van der Waals surface area (Å²) < 4.78 is 5.52. The Morgan fingerprint density at radius 3 is 2.68 bits per heavy atom. The van der Waals surface area contributed by atoms with E-state index in [4.69, 9.17) is 16.3 Å². The van der Waals surface area contributed by atoms with E-state index in [1.165, 1.54) is 37.7 Å². The van der Waals surface area contributed by atoms with Crippen molar-refractivity contribution >= 4 is 11.6 Å². The van der Waals surface area contributed by atoms with Crippen molar-refractivity contribution in [1.29, 1.82) is 0 Å². The minimum Gasteiger partial charge on any atom is -0.496 e. The van der Waals surface area contributed by atoms with Gasteiger partial charge < -0.3 is 10.1 Å². The van der Waals surface area contributed by atoms with Crippen LogP contribution in [0.25, 0.3) is 0 Å². The molecule has 0 aliphatic heterocycles. The van der Waals surface area contributed by atoms with Crippen molar-refractivity contribution < 1.29 is 4.74 Å². The van der Waals surface area contributed by atoms with Gasteiger partial charge in [0.15, 0.2) is 0 Å². The molecule has 2 nitrogen and oxygen atoms in total. The maximum Gasteiger partial charge on any atom is 0.123 e. The molecule has 1 saturated carbocycles. The van der Waals surface area contributed by atoms with Crippen LogP contribution in [0.5, 0.6) is 5.75 Å². The van der Waals surface area contributed by atoms with E-state index in [2.05, 4.69) is 18.3 Å². The Balaban J connectivity index is 2.28.